The van der Waals surface area contributed by atoms with Crippen LogP contribution in [0.5, 0.6) is 0 Å². The van der Waals surface area contributed by atoms with Crippen molar-refractivity contribution in [3.05, 3.63) is 19.1 Å². The van der Waals surface area contributed by atoms with E-state index in [9.17, 15) is 0 Å². The van der Waals surface area contributed by atoms with Crippen molar-refractivity contribution in [2.45, 2.75) is 39.0 Å². The second-order valence-corrected chi connectivity index (χ2v) is 3.73. The van der Waals surface area contributed by atoms with E-state index in [1.165, 1.54) is 32.1 Å². The van der Waals surface area contributed by atoms with Crippen LogP contribution in [0.3, 0.4) is 0 Å². The molecule has 0 heterocycles. The molecule has 0 aromatic heterocycles. The van der Waals surface area contributed by atoms with E-state index >= 15 is 0 Å². The highest BCUT2D eigenvalue weighted by Crippen LogP contribution is 2.24. The van der Waals surface area contributed by atoms with Crippen LogP contribution in [0.2, 0.25) is 0 Å². The second-order valence-electron chi connectivity index (χ2n) is 3.73. The summed E-state index contributed by atoms with van der Waals surface area (Å²) in [5.41, 5.74) is 0. The van der Waals surface area contributed by atoms with Gasteiger partial charge in [0, 0.05) is 0 Å². The fraction of sp³-hybridized carbons (Fsp3) is 0.727. The molecule has 0 N–H and O–H groups in total. The van der Waals surface area contributed by atoms with Gasteiger partial charge in [-0.25, -0.2) is 0 Å². The lowest BCUT2D eigenvalue weighted by atomic mass is 9.86. The van der Waals surface area contributed by atoms with Crippen LogP contribution in [-0.4, -0.2) is 0 Å². The predicted molar refractivity (Wildman–Crippen MR) is 50.2 cm³/mol. The summed E-state index contributed by atoms with van der Waals surface area (Å²) < 4.78 is 0. The average Bonchev–Trinajstić information content (AvgIpc) is 1.84. The Morgan fingerprint density at radius 1 is 1.36 bits per heavy atom. The highest BCUT2D eigenvalue weighted by Gasteiger charge is 2.11. The number of rotatable bonds is 1. The molecule has 0 saturated heterocycles. The van der Waals surface area contributed by atoms with Crippen LogP contribution in [0.1, 0.15) is 39.0 Å². The van der Waals surface area contributed by atoms with Gasteiger partial charge in [-0.1, -0.05) is 32.4 Å². The molecule has 0 aliphatic heterocycles. The molecule has 0 saturated carbocycles. The van der Waals surface area contributed by atoms with Crippen molar-refractivity contribution < 1.29 is 0 Å². The standard InChI is InChI=1S/C11H19/c1-10(2)11-8-6-4-3-5-7-9-11/h4,6,10-11H,1,3,5,7-9H2,2H3/b6-4-. The Hall–Kier alpha value is -0.260. The zero-order chi connectivity index (χ0) is 8.10. The molecule has 0 aromatic carbocycles. The first-order valence-electron chi connectivity index (χ1n) is 4.79. The Labute approximate surface area is 70.7 Å². The Morgan fingerprint density at radius 3 is 2.91 bits per heavy atom. The molecule has 0 aromatic rings. The van der Waals surface area contributed by atoms with Gasteiger partial charge < -0.3 is 0 Å². The number of hydrogen-bond donors (Lipinski definition) is 0. The average molecular weight is 151 g/mol. The summed E-state index contributed by atoms with van der Waals surface area (Å²) in [5.74, 6) is 1.46. The quantitative estimate of drug-likeness (QED) is 0.502. The molecule has 1 aliphatic rings. The van der Waals surface area contributed by atoms with Crippen molar-refractivity contribution in [2.24, 2.45) is 11.8 Å². The largest absolute Gasteiger partial charge is 0.0885 e. The third-order valence-electron chi connectivity index (χ3n) is 2.61. The molecule has 0 bridgehead atoms. The predicted octanol–water partition coefficient (Wildman–Crippen LogP) is 3.59. The molecular weight excluding hydrogens is 132 g/mol. The Morgan fingerprint density at radius 2 is 2.18 bits per heavy atom. The van der Waals surface area contributed by atoms with E-state index in [-0.39, 0.29) is 0 Å². The van der Waals surface area contributed by atoms with E-state index in [0.29, 0.717) is 5.92 Å². The van der Waals surface area contributed by atoms with Crippen LogP contribution >= 0.6 is 0 Å². The van der Waals surface area contributed by atoms with E-state index in [2.05, 4.69) is 26.0 Å². The normalized spacial score (nSPS) is 29.5. The molecule has 1 rings (SSSR count). The van der Waals surface area contributed by atoms with Gasteiger partial charge in [0.1, 0.15) is 0 Å². The summed E-state index contributed by atoms with van der Waals surface area (Å²) in [4.78, 5) is 0. The zero-order valence-corrected chi connectivity index (χ0v) is 7.55. The summed E-state index contributed by atoms with van der Waals surface area (Å²) in [6.07, 6.45) is 11.4. The number of allylic oxidation sites excluding steroid dienone is 2. The minimum absolute atomic E-state index is 0.623. The third kappa shape index (κ3) is 3.09. The van der Waals surface area contributed by atoms with Crippen LogP contribution in [0, 0.1) is 18.8 Å². The van der Waals surface area contributed by atoms with E-state index in [1.54, 1.807) is 0 Å². The van der Waals surface area contributed by atoms with Crippen molar-refractivity contribution in [3.8, 4) is 0 Å². The maximum Gasteiger partial charge on any atom is -0.0320 e. The van der Waals surface area contributed by atoms with Crippen molar-refractivity contribution in [2.75, 3.05) is 0 Å². The first kappa shape index (κ1) is 8.83. The van der Waals surface area contributed by atoms with Crippen LogP contribution in [0.4, 0.5) is 0 Å². The minimum Gasteiger partial charge on any atom is -0.0885 e. The van der Waals surface area contributed by atoms with Crippen molar-refractivity contribution >= 4 is 0 Å². The third-order valence-corrected chi connectivity index (χ3v) is 2.61. The van der Waals surface area contributed by atoms with Crippen molar-refractivity contribution in [1.29, 1.82) is 0 Å². The first-order valence-corrected chi connectivity index (χ1v) is 4.79. The maximum absolute atomic E-state index is 4.10. The molecule has 0 spiro atoms. The monoisotopic (exact) mass is 151 g/mol. The lowest BCUT2D eigenvalue weighted by Gasteiger charge is -2.20. The van der Waals surface area contributed by atoms with Crippen molar-refractivity contribution in [3.63, 3.8) is 0 Å². The molecule has 2 unspecified atom stereocenters. The minimum atomic E-state index is 0.623. The molecule has 0 fully saturated rings. The summed E-state index contributed by atoms with van der Waals surface area (Å²) in [6.45, 7) is 6.34. The molecule has 0 amide bonds. The molecule has 0 heteroatoms. The highest BCUT2D eigenvalue weighted by atomic mass is 14.2. The lowest BCUT2D eigenvalue weighted by Crippen LogP contribution is -2.08. The lowest BCUT2D eigenvalue weighted by molar-refractivity contribution is 0.373. The van der Waals surface area contributed by atoms with E-state index < -0.39 is 0 Å². The Bertz CT molecular complexity index is 122. The van der Waals surface area contributed by atoms with Gasteiger partial charge in [-0.05, 0) is 37.5 Å². The molecule has 11 heavy (non-hydrogen) atoms. The van der Waals surface area contributed by atoms with Crippen LogP contribution in [0.25, 0.3) is 0 Å². The smallest absolute Gasteiger partial charge is 0.0320 e. The van der Waals surface area contributed by atoms with Crippen molar-refractivity contribution in [1.82, 2.24) is 0 Å². The van der Waals surface area contributed by atoms with Crippen LogP contribution in [-0.2, 0) is 0 Å². The fourth-order valence-electron chi connectivity index (χ4n) is 1.69. The first-order chi connectivity index (χ1) is 5.30. The van der Waals surface area contributed by atoms with Gasteiger partial charge in [0.25, 0.3) is 0 Å². The van der Waals surface area contributed by atoms with E-state index in [1.807, 2.05) is 0 Å². The summed E-state index contributed by atoms with van der Waals surface area (Å²) in [6, 6.07) is 0. The molecule has 1 aliphatic carbocycles. The number of hydrogen-bond acceptors (Lipinski definition) is 0. The van der Waals surface area contributed by atoms with Gasteiger partial charge in [-0.2, -0.15) is 0 Å². The van der Waals surface area contributed by atoms with Crippen LogP contribution in [0.15, 0.2) is 12.2 Å². The van der Waals surface area contributed by atoms with Gasteiger partial charge in [0.2, 0.25) is 0 Å². The fourth-order valence-corrected chi connectivity index (χ4v) is 1.69. The SMILES string of the molecule is [CH2]C(C)C1C/C=C\CCCC1. The topological polar surface area (TPSA) is 0 Å². The molecule has 2 atom stereocenters. The van der Waals surface area contributed by atoms with E-state index in [0.717, 1.165) is 5.92 Å². The zero-order valence-electron chi connectivity index (χ0n) is 7.55. The highest BCUT2D eigenvalue weighted by molar-refractivity contribution is 4.87. The maximum atomic E-state index is 4.10. The van der Waals surface area contributed by atoms with E-state index in [4.69, 9.17) is 0 Å². The second kappa shape index (κ2) is 4.58. The molecule has 1 radical (unpaired) electrons. The summed E-state index contributed by atoms with van der Waals surface area (Å²) in [5, 5.41) is 0. The van der Waals surface area contributed by atoms with Crippen LogP contribution < -0.4 is 0 Å². The summed E-state index contributed by atoms with van der Waals surface area (Å²) in [7, 11) is 0. The van der Waals surface area contributed by atoms with Gasteiger partial charge in [-0.15, -0.1) is 0 Å². The molecule has 63 valence electrons. The summed E-state index contributed by atoms with van der Waals surface area (Å²) >= 11 is 0. The van der Waals surface area contributed by atoms with Gasteiger partial charge >= 0.3 is 0 Å². The Kier molecular flexibility index (Phi) is 3.68. The molecule has 0 nitrogen and oxygen atoms in total. The van der Waals surface area contributed by atoms with Gasteiger partial charge in [0.15, 0.2) is 0 Å². The Balaban J connectivity index is 2.38. The molecular formula is C11H19. The van der Waals surface area contributed by atoms with Gasteiger partial charge in [-0.3, -0.25) is 0 Å². The van der Waals surface area contributed by atoms with Gasteiger partial charge in [0.05, 0.1) is 0 Å².